The van der Waals surface area contributed by atoms with Crippen molar-refractivity contribution >= 4 is 33.5 Å². The fraction of sp³-hybridized carbons (Fsp3) is 0.154. The van der Waals surface area contributed by atoms with Crippen LogP contribution in [0, 0.1) is 13.8 Å². The number of fused-ring (bicyclic) bond motifs is 1. The van der Waals surface area contributed by atoms with E-state index in [4.69, 9.17) is 15.7 Å². The van der Waals surface area contributed by atoms with Crippen molar-refractivity contribution in [3.63, 3.8) is 0 Å². The summed E-state index contributed by atoms with van der Waals surface area (Å²) in [4.78, 5) is 9.51. The van der Waals surface area contributed by atoms with Gasteiger partial charge in [-0.2, -0.15) is 0 Å². The lowest BCUT2D eigenvalue weighted by Crippen LogP contribution is -2.17. The highest BCUT2D eigenvalue weighted by molar-refractivity contribution is 7.14. The topological polar surface area (TPSA) is 80.3 Å². The Labute approximate surface area is 197 Å². The zero-order valence-electron chi connectivity index (χ0n) is 18.7. The summed E-state index contributed by atoms with van der Waals surface area (Å²) in [6, 6.07) is 12.3. The molecule has 1 aliphatic rings. The molecule has 0 bridgehead atoms. The third-order valence-corrected chi connectivity index (χ3v) is 6.44. The number of nitrogens with one attached hydrogen (secondary N) is 2. The Hall–Kier alpha value is -3.84. The van der Waals surface area contributed by atoms with Gasteiger partial charge in [-0.1, -0.05) is 24.8 Å². The SMILES string of the molecule is C=C(NC1=C(N)CCC=C1)c1ccc(Nc2nc(-c3c(C)nc4cc(C)ccn34)cs2)cc1. The minimum Gasteiger partial charge on any atom is -0.400 e. The molecule has 0 fully saturated rings. The number of aromatic nitrogens is 3. The molecule has 0 amide bonds. The molecule has 4 N–H and O–H groups in total. The number of rotatable bonds is 6. The molecule has 3 heterocycles. The number of pyridine rings is 1. The predicted molar refractivity (Wildman–Crippen MR) is 137 cm³/mol. The van der Waals surface area contributed by atoms with Gasteiger partial charge in [-0.15, -0.1) is 11.3 Å². The van der Waals surface area contributed by atoms with E-state index in [9.17, 15) is 0 Å². The standard InChI is InChI=1S/C26H26N6S/c1-16-12-13-32-24(14-16)29-18(3)25(32)23-15-33-26(31-23)30-20-10-8-19(9-11-20)17(2)28-22-7-5-4-6-21(22)27/h5,7-15,28H,2,4,6,27H2,1,3H3,(H,30,31). The summed E-state index contributed by atoms with van der Waals surface area (Å²) in [5.74, 6) is 0. The Morgan fingerprint density at radius 1 is 1.15 bits per heavy atom. The highest BCUT2D eigenvalue weighted by Crippen LogP contribution is 2.30. The average Bonchev–Trinajstić information content (AvgIpc) is 3.38. The Bertz CT molecular complexity index is 1400. The summed E-state index contributed by atoms with van der Waals surface area (Å²) in [5.41, 5.74) is 15.7. The van der Waals surface area contributed by atoms with Crippen LogP contribution in [0.1, 0.15) is 29.7 Å². The van der Waals surface area contributed by atoms with Crippen LogP contribution < -0.4 is 16.4 Å². The molecule has 0 saturated heterocycles. The van der Waals surface area contributed by atoms with E-state index in [1.165, 1.54) is 5.56 Å². The fourth-order valence-corrected chi connectivity index (χ4v) is 4.64. The summed E-state index contributed by atoms with van der Waals surface area (Å²) in [6.45, 7) is 8.26. The van der Waals surface area contributed by atoms with Crippen molar-refractivity contribution in [1.82, 2.24) is 19.7 Å². The molecule has 7 heteroatoms. The smallest absolute Gasteiger partial charge is 0.187 e. The number of imidazole rings is 1. The Morgan fingerprint density at radius 2 is 1.97 bits per heavy atom. The summed E-state index contributed by atoms with van der Waals surface area (Å²) in [6.07, 6.45) is 8.06. The largest absolute Gasteiger partial charge is 0.400 e. The number of benzene rings is 1. The number of hydrogen-bond donors (Lipinski definition) is 3. The molecule has 0 aliphatic heterocycles. The van der Waals surface area contributed by atoms with Gasteiger partial charge < -0.3 is 16.4 Å². The van der Waals surface area contributed by atoms with Gasteiger partial charge in [-0.3, -0.25) is 4.40 Å². The van der Waals surface area contributed by atoms with Gasteiger partial charge in [-0.25, -0.2) is 9.97 Å². The Morgan fingerprint density at radius 3 is 2.76 bits per heavy atom. The molecule has 0 unspecified atom stereocenters. The maximum absolute atomic E-state index is 6.10. The molecule has 0 atom stereocenters. The first-order chi connectivity index (χ1) is 16.0. The molecule has 5 rings (SSSR count). The lowest BCUT2D eigenvalue weighted by Gasteiger charge is -2.16. The third kappa shape index (κ3) is 4.27. The second kappa shape index (κ2) is 8.60. The number of nitrogens with zero attached hydrogens (tertiary/aromatic N) is 3. The van der Waals surface area contributed by atoms with Gasteiger partial charge in [-0.05, 0) is 68.2 Å². The van der Waals surface area contributed by atoms with E-state index >= 15 is 0 Å². The second-order valence-electron chi connectivity index (χ2n) is 8.20. The van der Waals surface area contributed by atoms with Crippen molar-refractivity contribution in [3.05, 3.63) is 94.9 Å². The normalized spacial score (nSPS) is 13.5. The van der Waals surface area contributed by atoms with Gasteiger partial charge in [0.25, 0.3) is 0 Å². The summed E-state index contributed by atoms with van der Waals surface area (Å²) < 4.78 is 2.10. The van der Waals surface area contributed by atoms with Gasteiger partial charge >= 0.3 is 0 Å². The molecular weight excluding hydrogens is 428 g/mol. The van der Waals surface area contributed by atoms with Crippen molar-refractivity contribution in [2.24, 2.45) is 5.73 Å². The molecule has 1 aliphatic carbocycles. The van der Waals surface area contributed by atoms with E-state index < -0.39 is 0 Å². The first-order valence-electron chi connectivity index (χ1n) is 10.9. The number of hydrogen-bond acceptors (Lipinski definition) is 6. The van der Waals surface area contributed by atoms with Crippen LogP contribution in [0.5, 0.6) is 0 Å². The minimum absolute atomic E-state index is 0.820. The summed E-state index contributed by atoms with van der Waals surface area (Å²) in [7, 11) is 0. The van der Waals surface area contributed by atoms with Crippen molar-refractivity contribution in [3.8, 4) is 11.4 Å². The highest BCUT2D eigenvalue weighted by atomic mass is 32.1. The van der Waals surface area contributed by atoms with Crippen molar-refractivity contribution in [1.29, 1.82) is 0 Å². The summed E-state index contributed by atoms with van der Waals surface area (Å²) in [5, 5.41) is 9.63. The van der Waals surface area contributed by atoms with Crippen molar-refractivity contribution < 1.29 is 0 Å². The number of thiazole rings is 1. The van der Waals surface area contributed by atoms with Gasteiger partial charge in [0, 0.05) is 28.7 Å². The van der Waals surface area contributed by atoms with Gasteiger partial charge in [0.05, 0.1) is 17.1 Å². The van der Waals surface area contributed by atoms with E-state index in [-0.39, 0.29) is 0 Å². The van der Waals surface area contributed by atoms with Crippen LogP contribution in [-0.4, -0.2) is 14.4 Å². The highest BCUT2D eigenvalue weighted by Gasteiger charge is 2.14. The maximum Gasteiger partial charge on any atom is 0.187 e. The number of anilines is 2. The lowest BCUT2D eigenvalue weighted by atomic mass is 10.1. The minimum atomic E-state index is 0.820. The lowest BCUT2D eigenvalue weighted by molar-refractivity contribution is 0.890. The maximum atomic E-state index is 6.10. The zero-order valence-corrected chi connectivity index (χ0v) is 19.5. The van der Waals surface area contributed by atoms with Crippen molar-refractivity contribution in [2.75, 3.05) is 5.32 Å². The van der Waals surface area contributed by atoms with Crippen LogP contribution in [0.3, 0.4) is 0 Å². The van der Waals surface area contributed by atoms with Crippen LogP contribution in [0.2, 0.25) is 0 Å². The van der Waals surface area contributed by atoms with Crippen LogP contribution in [0.25, 0.3) is 22.7 Å². The molecule has 166 valence electrons. The molecule has 1 aromatic carbocycles. The zero-order chi connectivity index (χ0) is 22.9. The van der Waals surface area contributed by atoms with Gasteiger partial charge in [0.1, 0.15) is 11.3 Å². The molecule has 6 nitrogen and oxygen atoms in total. The molecule has 33 heavy (non-hydrogen) atoms. The summed E-state index contributed by atoms with van der Waals surface area (Å²) >= 11 is 1.58. The number of nitrogens with two attached hydrogens (primary N) is 1. The van der Waals surface area contributed by atoms with E-state index in [1.807, 2.05) is 37.3 Å². The number of aryl methyl sites for hydroxylation is 2. The van der Waals surface area contributed by atoms with Crippen LogP contribution in [0.15, 0.2) is 78.1 Å². The van der Waals surface area contributed by atoms with Crippen LogP contribution in [0.4, 0.5) is 10.8 Å². The van der Waals surface area contributed by atoms with Crippen LogP contribution >= 0.6 is 11.3 Å². The Balaban J connectivity index is 1.31. The van der Waals surface area contributed by atoms with Crippen LogP contribution in [-0.2, 0) is 0 Å². The van der Waals surface area contributed by atoms with Gasteiger partial charge in [0.2, 0.25) is 0 Å². The second-order valence-corrected chi connectivity index (χ2v) is 9.06. The van der Waals surface area contributed by atoms with E-state index in [0.717, 1.165) is 69.0 Å². The van der Waals surface area contributed by atoms with E-state index in [2.05, 4.69) is 58.3 Å². The number of allylic oxidation sites excluding steroid dienone is 3. The molecule has 0 radical (unpaired) electrons. The fourth-order valence-electron chi connectivity index (χ4n) is 3.93. The quantitative estimate of drug-likeness (QED) is 0.338. The molecule has 3 aromatic heterocycles. The molecular formula is C26H26N6S. The molecule has 0 spiro atoms. The Kier molecular flexibility index (Phi) is 5.48. The predicted octanol–water partition coefficient (Wildman–Crippen LogP) is 5.90. The first-order valence-corrected chi connectivity index (χ1v) is 11.8. The third-order valence-electron chi connectivity index (χ3n) is 5.68. The van der Waals surface area contributed by atoms with E-state index in [1.54, 1.807) is 11.3 Å². The monoisotopic (exact) mass is 454 g/mol. The average molecular weight is 455 g/mol. The molecule has 0 saturated carbocycles. The molecule has 4 aromatic rings. The van der Waals surface area contributed by atoms with Gasteiger partial charge in [0.15, 0.2) is 5.13 Å². The van der Waals surface area contributed by atoms with Crippen molar-refractivity contribution in [2.45, 2.75) is 26.7 Å². The first kappa shape index (κ1) is 21.0. The van der Waals surface area contributed by atoms with E-state index in [0.29, 0.717) is 0 Å².